The second-order valence-corrected chi connectivity index (χ2v) is 7.79. The van der Waals surface area contributed by atoms with Gasteiger partial charge in [0, 0.05) is 18.2 Å². The Balaban J connectivity index is 1.52. The van der Waals surface area contributed by atoms with Crippen LogP contribution in [0.25, 0.3) is 11.3 Å². The molecule has 30 heavy (non-hydrogen) atoms. The monoisotopic (exact) mass is 417 g/mol. The molecule has 1 aromatic heterocycles. The Morgan fingerprint density at radius 3 is 2.90 bits per heavy atom. The third-order valence-electron chi connectivity index (χ3n) is 5.13. The third-order valence-corrected chi connectivity index (χ3v) is 5.13. The molecule has 1 aliphatic heterocycles. The molecule has 0 unspecified atom stereocenters. The highest BCUT2D eigenvalue weighted by Crippen LogP contribution is 2.28. The molecule has 0 radical (unpaired) electrons. The summed E-state index contributed by atoms with van der Waals surface area (Å²) in [4.78, 5) is 12.0. The predicted molar refractivity (Wildman–Crippen MR) is 112 cm³/mol. The summed E-state index contributed by atoms with van der Waals surface area (Å²) in [6, 6.07) is 7.32. The van der Waals surface area contributed by atoms with Gasteiger partial charge in [-0.25, -0.2) is 4.79 Å². The van der Waals surface area contributed by atoms with Gasteiger partial charge in [0.25, 0.3) is 0 Å². The van der Waals surface area contributed by atoms with Crippen molar-refractivity contribution in [3.63, 3.8) is 0 Å². The predicted octanol–water partition coefficient (Wildman–Crippen LogP) is 1.96. The maximum absolute atomic E-state index is 12.0. The van der Waals surface area contributed by atoms with Crippen LogP contribution in [0.1, 0.15) is 33.1 Å². The number of methoxy groups -OCH3 is 1. The minimum atomic E-state index is -0.415. The van der Waals surface area contributed by atoms with Crippen LogP contribution < -0.4 is 15.4 Å². The van der Waals surface area contributed by atoms with E-state index in [4.69, 9.17) is 9.47 Å². The second-order valence-electron chi connectivity index (χ2n) is 7.79. The molecule has 3 rings (SSSR count). The smallest absolute Gasteiger partial charge is 0.315 e. The van der Waals surface area contributed by atoms with E-state index in [1.165, 1.54) is 0 Å². The van der Waals surface area contributed by atoms with E-state index in [-0.39, 0.29) is 30.8 Å². The lowest BCUT2D eigenvalue weighted by atomic mass is 9.97. The summed E-state index contributed by atoms with van der Waals surface area (Å²) in [6.07, 6.45) is 3.78. The van der Waals surface area contributed by atoms with E-state index in [1.54, 1.807) is 11.8 Å². The number of amides is 2. The summed E-state index contributed by atoms with van der Waals surface area (Å²) in [5.41, 5.74) is 1.65. The average molecular weight is 418 g/mol. The van der Waals surface area contributed by atoms with Crippen molar-refractivity contribution in [2.24, 2.45) is 0 Å². The van der Waals surface area contributed by atoms with Crippen LogP contribution in [0.2, 0.25) is 0 Å². The molecule has 0 bridgehead atoms. The van der Waals surface area contributed by atoms with E-state index >= 15 is 0 Å². The van der Waals surface area contributed by atoms with Gasteiger partial charge in [-0.15, -0.1) is 5.10 Å². The lowest BCUT2D eigenvalue weighted by Gasteiger charge is -2.36. The van der Waals surface area contributed by atoms with Crippen molar-refractivity contribution in [2.75, 3.05) is 13.7 Å². The van der Waals surface area contributed by atoms with Crippen LogP contribution in [0.4, 0.5) is 4.79 Å². The molecule has 2 heterocycles. The van der Waals surface area contributed by atoms with Gasteiger partial charge in [0.2, 0.25) is 0 Å². The minimum Gasteiger partial charge on any atom is -0.496 e. The largest absolute Gasteiger partial charge is 0.496 e. The normalized spacial score (nSPS) is 21.4. The fourth-order valence-electron chi connectivity index (χ4n) is 3.65. The molecule has 9 nitrogen and oxygen atoms in total. The zero-order valence-corrected chi connectivity index (χ0v) is 17.7. The van der Waals surface area contributed by atoms with Crippen LogP contribution in [-0.2, 0) is 11.3 Å². The Labute approximate surface area is 176 Å². The molecule has 164 valence electrons. The zero-order valence-electron chi connectivity index (χ0n) is 17.7. The van der Waals surface area contributed by atoms with Crippen molar-refractivity contribution >= 4 is 6.03 Å². The lowest BCUT2D eigenvalue weighted by molar-refractivity contribution is -0.0908. The molecule has 1 aliphatic rings. The quantitative estimate of drug-likeness (QED) is 0.606. The van der Waals surface area contributed by atoms with Crippen molar-refractivity contribution in [2.45, 2.75) is 63.9 Å². The van der Waals surface area contributed by atoms with Crippen LogP contribution >= 0.6 is 0 Å². The molecular formula is C21H31N5O4. The fraction of sp³-hybridized carbons (Fsp3) is 0.571. The van der Waals surface area contributed by atoms with Crippen LogP contribution in [0.3, 0.4) is 0 Å². The summed E-state index contributed by atoms with van der Waals surface area (Å²) < 4.78 is 13.2. The Morgan fingerprint density at radius 1 is 1.37 bits per heavy atom. The van der Waals surface area contributed by atoms with E-state index in [0.29, 0.717) is 6.54 Å². The van der Waals surface area contributed by atoms with Crippen LogP contribution in [-0.4, -0.2) is 64.1 Å². The number of aryl methyl sites for hydroxylation is 1. The van der Waals surface area contributed by atoms with E-state index < -0.39 is 6.10 Å². The topological polar surface area (TPSA) is 111 Å². The number of hydrogen-bond acceptors (Lipinski definition) is 6. The summed E-state index contributed by atoms with van der Waals surface area (Å²) in [6.45, 7) is 4.32. The molecule has 0 spiro atoms. The average Bonchev–Trinajstić information content (AvgIpc) is 3.21. The highest BCUT2D eigenvalue weighted by molar-refractivity contribution is 5.74. The van der Waals surface area contributed by atoms with Gasteiger partial charge in [-0.3, -0.25) is 4.68 Å². The SMILES string of the molecule is COc1ccccc1-c1cn(CC[C@@H]2CC[C@@H](NC(=O)NC(C)C)[C@@H](CO)O2)nn1. The van der Waals surface area contributed by atoms with Gasteiger partial charge in [0.1, 0.15) is 17.5 Å². The number of ether oxygens (including phenoxy) is 2. The Morgan fingerprint density at radius 2 is 2.17 bits per heavy atom. The van der Waals surface area contributed by atoms with Crippen LogP contribution in [0.15, 0.2) is 30.5 Å². The number of nitrogens with one attached hydrogen (secondary N) is 2. The van der Waals surface area contributed by atoms with Crippen molar-refractivity contribution in [3.8, 4) is 17.0 Å². The zero-order chi connectivity index (χ0) is 21.5. The van der Waals surface area contributed by atoms with Crippen molar-refractivity contribution in [3.05, 3.63) is 30.5 Å². The third kappa shape index (κ3) is 5.70. The second kappa shape index (κ2) is 10.4. The summed E-state index contributed by atoms with van der Waals surface area (Å²) >= 11 is 0. The van der Waals surface area contributed by atoms with Crippen molar-refractivity contribution < 1.29 is 19.4 Å². The number of urea groups is 1. The summed E-state index contributed by atoms with van der Waals surface area (Å²) in [5.74, 6) is 0.756. The molecule has 3 N–H and O–H groups in total. The maximum atomic E-state index is 12.0. The number of nitrogens with zero attached hydrogens (tertiary/aromatic N) is 3. The first-order chi connectivity index (χ1) is 14.5. The number of para-hydroxylation sites is 1. The first-order valence-corrected chi connectivity index (χ1v) is 10.4. The fourth-order valence-corrected chi connectivity index (χ4v) is 3.65. The Bertz CT molecular complexity index is 825. The molecule has 2 aromatic rings. The number of benzene rings is 1. The van der Waals surface area contributed by atoms with E-state index in [0.717, 1.165) is 36.3 Å². The number of rotatable bonds is 8. The number of carbonyl (C=O) groups is 1. The summed E-state index contributed by atoms with van der Waals surface area (Å²) in [5, 5.41) is 23.9. The highest BCUT2D eigenvalue weighted by Gasteiger charge is 2.31. The first kappa shape index (κ1) is 22.0. The van der Waals surface area contributed by atoms with Gasteiger partial charge in [-0.2, -0.15) is 0 Å². The van der Waals surface area contributed by atoms with Gasteiger partial charge in [-0.05, 0) is 45.2 Å². The minimum absolute atomic E-state index is 0.00716. The number of aliphatic hydroxyl groups is 1. The first-order valence-electron chi connectivity index (χ1n) is 10.4. The number of hydrogen-bond donors (Lipinski definition) is 3. The molecular weight excluding hydrogens is 386 g/mol. The molecule has 0 aliphatic carbocycles. The molecule has 1 saturated heterocycles. The lowest BCUT2D eigenvalue weighted by Crippen LogP contribution is -2.54. The molecule has 1 fully saturated rings. The summed E-state index contributed by atoms with van der Waals surface area (Å²) in [7, 11) is 1.63. The molecule has 0 saturated carbocycles. The molecule has 1 aromatic carbocycles. The van der Waals surface area contributed by atoms with Gasteiger partial charge in [0.15, 0.2) is 0 Å². The standard InChI is InChI=1S/C21H31N5O4/c1-14(2)22-21(28)23-17-9-8-15(30-20(17)13-27)10-11-26-12-18(24-25-26)16-6-4-5-7-19(16)29-3/h4-7,12,14-15,17,20,27H,8-11,13H2,1-3H3,(H2,22,23,28)/t15-,17+,20+/m0/s1. The van der Waals surface area contributed by atoms with Crippen LogP contribution in [0.5, 0.6) is 5.75 Å². The number of aliphatic hydroxyl groups excluding tert-OH is 1. The Kier molecular flexibility index (Phi) is 7.64. The van der Waals surface area contributed by atoms with E-state index in [9.17, 15) is 9.90 Å². The van der Waals surface area contributed by atoms with Crippen molar-refractivity contribution in [1.82, 2.24) is 25.6 Å². The van der Waals surface area contributed by atoms with Crippen LogP contribution in [0, 0.1) is 0 Å². The Hall–Kier alpha value is -2.65. The van der Waals surface area contributed by atoms with Gasteiger partial charge < -0.3 is 25.2 Å². The van der Waals surface area contributed by atoms with E-state index in [2.05, 4.69) is 20.9 Å². The van der Waals surface area contributed by atoms with Crippen molar-refractivity contribution in [1.29, 1.82) is 0 Å². The van der Waals surface area contributed by atoms with Gasteiger partial charge in [0.05, 0.1) is 32.1 Å². The van der Waals surface area contributed by atoms with E-state index in [1.807, 2.05) is 44.3 Å². The van der Waals surface area contributed by atoms with Gasteiger partial charge >= 0.3 is 6.03 Å². The highest BCUT2D eigenvalue weighted by atomic mass is 16.5. The maximum Gasteiger partial charge on any atom is 0.315 e. The molecule has 2 amide bonds. The van der Waals surface area contributed by atoms with Gasteiger partial charge in [-0.1, -0.05) is 17.3 Å². The number of aromatic nitrogens is 3. The molecule has 9 heteroatoms. The number of carbonyl (C=O) groups excluding carboxylic acids is 1. The molecule has 3 atom stereocenters.